The number of sulfonamides is 1. The Morgan fingerprint density at radius 2 is 2.05 bits per heavy atom. The molecule has 0 amide bonds. The number of hydrogen-bond acceptors (Lipinski definition) is 4. The van der Waals surface area contributed by atoms with Crippen LogP contribution in [0.1, 0.15) is 5.56 Å². The van der Waals surface area contributed by atoms with E-state index in [0.29, 0.717) is 5.56 Å². The van der Waals surface area contributed by atoms with E-state index in [1.54, 1.807) is 11.6 Å². The smallest absolute Gasteiger partial charge is 0.283 e. The molecule has 0 spiro atoms. The van der Waals surface area contributed by atoms with E-state index in [2.05, 4.69) is 0 Å². The minimum absolute atomic E-state index is 0.120. The van der Waals surface area contributed by atoms with Crippen molar-refractivity contribution in [1.82, 2.24) is 4.72 Å². The first-order chi connectivity index (χ1) is 8.59. The van der Waals surface area contributed by atoms with Crippen LogP contribution in [-0.2, 0) is 10.0 Å². The maximum absolute atomic E-state index is 12.8. The lowest BCUT2D eigenvalue weighted by Crippen LogP contribution is -2.38. The van der Waals surface area contributed by atoms with Crippen molar-refractivity contribution in [2.45, 2.75) is 17.7 Å². The minimum Gasteiger partial charge on any atom is -0.398 e. The number of aliphatic hydroxyl groups is 1. The van der Waals surface area contributed by atoms with Crippen LogP contribution in [0.4, 0.5) is 14.5 Å². The Hall–Kier alpha value is -0.960. The second-order valence-corrected chi connectivity index (χ2v) is 6.13. The van der Waals surface area contributed by atoms with Crippen molar-refractivity contribution in [3.05, 3.63) is 22.7 Å². The van der Waals surface area contributed by atoms with Gasteiger partial charge >= 0.3 is 0 Å². The average molecular weight is 315 g/mol. The number of aliphatic hydroxyl groups excluding tert-OH is 1. The number of hydrogen-bond donors (Lipinski definition) is 3. The highest BCUT2D eigenvalue weighted by Gasteiger charge is 2.30. The van der Waals surface area contributed by atoms with Crippen molar-refractivity contribution >= 4 is 27.3 Å². The molecule has 5 nitrogen and oxygen atoms in total. The number of nitrogens with one attached hydrogen (secondary N) is 1. The SMILES string of the molecule is Cc1c(N)cc(S(=O)(=O)NCC(F)(F)CO)cc1Cl. The highest BCUT2D eigenvalue weighted by Crippen LogP contribution is 2.26. The van der Waals surface area contributed by atoms with Crippen LogP contribution in [0.15, 0.2) is 17.0 Å². The van der Waals surface area contributed by atoms with Crippen LogP contribution in [0.25, 0.3) is 0 Å². The summed E-state index contributed by atoms with van der Waals surface area (Å²) >= 11 is 5.78. The Balaban J connectivity index is 3.02. The average Bonchev–Trinajstić information content (AvgIpc) is 2.33. The van der Waals surface area contributed by atoms with Crippen LogP contribution in [0, 0.1) is 6.92 Å². The Labute approximate surface area is 114 Å². The summed E-state index contributed by atoms with van der Waals surface area (Å²) in [5.74, 6) is -3.53. The van der Waals surface area contributed by atoms with Gasteiger partial charge in [0.15, 0.2) is 0 Å². The summed E-state index contributed by atoms with van der Waals surface area (Å²) in [6.45, 7) is -1.06. The van der Waals surface area contributed by atoms with Crippen molar-refractivity contribution in [3.63, 3.8) is 0 Å². The Bertz CT molecular complexity index is 555. The first-order valence-corrected chi connectivity index (χ1v) is 6.99. The summed E-state index contributed by atoms with van der Waals surface area (Å²) in [5, 5.41) is 8.48. The van der Waals surface area contributed by atoms with Gasteiger partial charge in [0, 0.05) is 10.7 Å². The van der Waals surface area contributed by atoms with Crippen LogP contribution in [-0.4, -0.2) is 32.6 Å². The van der Waals surface area contributed by atoms with Gasteiger partial charge in [-0.2, -0.15) is 0 Å². The molecule has 1 aromatic carbocycles. The lowest BCUT2D eigenvalue weighted by atomic mass is 10.2. The molecule has 0 unspecified atom stereocenters. The molecule has 0 saturated carbocycles. The molecular formula is C10H13ClF2N2O3S. The zero-order valence-electron chi connectivity index (χ0n) is 9.95. The number of halogens is 3. The maximum Gasteiger partial charge on any atom is 0.283 e. The molecule has 0 fully saturated rings. The van der Waals surface area contributed by atoms with E-state index in [9.17, 15) is 17.2 Å². The summed E-state index contributed by atoms with van der Waals surface area (Å²) in [6, 6.07) is 2.24. The third-order valence-corrected chi connectivity index (χ3v) is 4.19. The lowest BCUT2D eigenvalue weighted by molar-refractivity contribution is -0.0437. The zero-order chi connectivity index (χ0) is 14.8. The van der Waals surface area contributed by atoms with Gasteiger partial charge in [-0.05, 0) is 24.6 Å². The van der Waals surface area contributed by atoms with Crippen LogP contribution < -0.4 is 10.5 Å². The molecule has 108 valence electrons. The summed E-state index contributed by atoms with van der Waals surface area (Å²) in [4.78, 5) is -0.311. The highest BCUT2D eigenvalue weighted by molar-refractivity contribution is 7.89. The molecule has 0 aliphatic rings. The molecule has 19 heavy (non-hydrogen) atoms. The fraction of sp³-hybridized carbons (Fsp3) is 0.400. The molecule has 0 aromatic heterocycles. The summed E-state index contributed by atoms with van der Waals surface area (Å²) in [5.41, 5.74) is 6.20. The fourth-order valence-corrected chi connectivity index (χ4v) is 2.58. The van der Waals surface area contributed by atoms with Gasteiger partial charge in [0.2, 0.25) is 10.0 Å². The standard InChI is InChI=1S/C10H13ClF2N2O3S/c1-6-8(11)2-7(3-9(6)14)19(17,18)15-4-10(12,13)5-16/h2-3,15-16H,4-5,14H2,1H3. The highest BCUT2D eigenvalue weighted by atomic mass is 35.5. The van der Waals surface area contributed by atoms with Crippen molar-refractivity contribution in [1.29, 1.82) is 0 Å². The third kappa shape index (κ3) is 4.00. The molecule has 1 rings (SSSR count). The number of rotatable bonds is 5. The number of anilines is 1. The van der Waals surface area contributed by atoms with E-state index < -0.39 is 29.1 Å². The molecule has 0 radical (unpaired) electrons. The Morgan fingerprint density at radius 1 is 1.47 bits per heavy atom. The van der Waals surface area contributed by atoms with E-state index in [4.69, 9.17) is 22.4 Å². The van der Waals surface area contributed by atoms with E-state index in [1.807, 2.05) is 0 Å². The summed E-state index contributed by atoms with van der Waals surface area (Å²) in [7, 11) is -4.17. The van der Waals surface area contributed by atoms with Crippen molar-refractivity contribution in [3.8, 4) is 0 Å². The monoisotopic (exact) mass is 314 g/mol. The van der Waals surface area contributed by atoms with Gasteiger partial charge < -0.3 is 10.8 Å². The van der Waals surface area contributed by atoms with Gasteiger partial charge in [-0.3, -0.25) is 0 Å². The Kier molecular flexibility index (Phi) is 4.72. The summed E-state index contributed by atoms with van der Waals surface area (Å²) < 4.78 is 50.8. The molecular weight excluding hydrogens is 302 g/mol. The van der Waals surface area contributed by atoms with E-state index in [0.717, 1.165) is 12.1 Å². The predicted octanol–water partition coefficient (Wildman–Crippen LogP) is 1.14. The van der Waals surface area contributed by atoms with Gasteiger partial charge in [-0.15, -0.1) is 0 Å². The summed E-state index contributed by atoms with van der Waals surface area (Å²) in [6.07, 6.45) is 0. The van der Waals surface area contributed by atoms with Gasteiger partial charge in [0.1, 0.15) is 6.61 Å². The maximum atomic E-state index is 12.8. The van der Waals surface area contributed by atoms with Crippen LogP contribution in [0.2, 0.25) is 5.02 Å². The van der Waals surface area contributed by atoms with Gasteiger partial charge in [-0.1, -0.05) is 11.6 Å². The molecule has 0 bridgehead atoms. The second kappa shape index (κ2) is 5.58. The minimum atomic E-state index is -4.17. The van der Waals surface area contributed by atoms with Crippen molar-refractivity contribution in [2.75, 3.05) is 18.9 Å². The lowest BCUT2D eigenvalue weighted by Gasteiger charge is -2.15. The quantitative estimate of drug-likeness (QED) is 0.711. The van der Waals surface area contributed by atoms with Gasteiger partial charge in [0.25, 0.3) is 5.92 Å². The van der Waals surface area contributed by atoms with Crippen LogP contribution in [0.5, 0.6) is 0 Å². The molecule has 0 aliphatic carbocycles. The van der Waals surface area contributed by atoms with Crippen molar-refractivity contribution < 1.29 is 22.3 Å². The van der Waals surface area contributed by atoms with Crippen LogP contribution >= 0.6 is 11.6 Å². The zero-order valence-corrected chi connectivity index (χ0v) is 11.5. The van der Waals surface area contributed by atoms with E-state index in [-0.39, 0.29) is 15.6 Å². The first-order valence-electron chi connectivity index (χ1n) is 5.13. The Morgan fingerprint density at radius 3 is 2.53 bits per heavy atom. The van der Waals surface area contributed by atoms with Crippen LogP contribution in [0.3, 0.4) is 0 Å². The van der Waals surface area contributed by atoms with Gasteiger partial charge in [0.05, 0.1) is 11.4 Å². The molecule has 1 aromatic rings. The third-order valence-electron chi connectivity index (χ3n) is 2.42. The molecule has 0 saturated heterocycles. The van der Waals surface area contributed by atoms with E-state index in [1.165, 1.54) is 0 Å². The molecule has 4 N–H and O–H groups in total. The number of benzene rings is 1. The molecule has 0 heterocycles. The molecule has 0 aliphatic heterocycles. The first kappa shape index (κ1) is 16.1. The molecule has 0 atom stereocenters. The normalized spacial score (nSPS) is 12.7. The largest absolute Gasteiger partial charge is 0.398 e. The topological polar surface area (TPSA) is 92.4 Å². The second-order valence-electron chi connectivity index (χ2n) is 3.96. The van der Waals surface area contributed by atoms with Gasteiger partial charge in [-0.25, -0.2) is 21.9 Å². The molecule has 9 heteroatoms. The predicted molar refractivity (Wildman–Crippen MR) is 67.8 cm³/mol. The number of nitrogens with two attached hydrogens (primary N) is 1. The number of nitrogen functional groups attached to an aromatic ring is 1. The number of alkyl halides is 2. The van der Waals surface area contributed by atoms with E-state index >= 15 is 0 Å². The fourth-order valence-electron chi connectivity index (χ4n) is 1.17. The van der Waals surface area contributed by atoms with Crippen molar-refractivity contribution in [2.24, 2.45) is 0 Å².